The summed E-state index contributed by atoms with van der Waals surface area (Å²) >= 11 is 0. The first-order chi connectivity index (χ1) is 6.52. The Morgan fingerprint density at radius 3 is 2.29 bits per heavy atom. The van der Waals surface area contributed by atoms with Crippen LogP contribution < -0.4 is 5.73 Å². The van der Waals surface area contributed by atoms with Crippen LogP contribution in [0.25, 0.3) is 0 Å². The van der Waals surface area contributed by atoms with Crippen molar-refractivity contribution >= 4 is 5.97 Å². The minimum Gasteiger partial charge on any atom is -0.508 e. The number of aliphatic carboxylic acids is 1. The van der Waals surface area contributed by atoms with Gasteiger partial charge in [0.1, 0.15) is 11.8 Å². The Morgan fingerprint density at radius 1 is 1.36 bits per heavy atom. The van der Waals surface area contributed by atoms with E-state index in [1.54, 1.807) is 0 Å². The number of carboxylic acids is 1. The fourth-order valence-electron chi connectivity index (χ4n) is 0.991. The van der Waals surface area contributed by atoms with Crippen LogP contribution in [0.5, 0.6) is 5.75 Å². The second-order valence-electron chi connectivity index (χ2n) is 2.86. The van der Waals surface area contributed by atoms with Crippen LogP contribution in [0.2, 0.25) is 0 Å². The van der Waals surface area contributed by atoms with E-state index in [0.717, 1.165) is 0 Å². The van der Waals surface area contributed by atoms with Gasteiger partial charge in [-0.3, -0.25) is 4.79 Å². The molecule has 1 rings (SSSR count). The maximum absolute atomic E-state index is 13.3. The molecule has 0 spiro atoms. The van der Waals surface area contributed by atoms with Crippen LogP contribution in [-0.4, -0.2) is 22.2 Å². The molecule has 0 heterocycles. The van der Waals surface area contributed by atoms with Gasteiger partial charge >= 0.3 is 5.97 Å². The fraction of sp³-hybridized carbons (Fsp3) is 0.222. The number of benzene rings is 1. The summed E-state index contributed by atoms with van der Waals surface area (Å²) in [5, 5.41) is 17.4. The van der Waals surface area contributed by atoms with Crippen molar-refractivity contribution in [1.82, 2.24) is 0 Å². The lowest BCUT2D eigenvalue weighted by molar-refractivity contribution is -0.140. The molecule has 76 valence electrons. The molecule has 0 saturated carbocycles. The third kappa shape index (κ3) is 2.20. The van der Waals surface area contributed by atoms with E-state index < -0.39 is 18.2 Å². The number of hydrogen-bond donors (Lipinski definition) is 3. The second-order valence-corrected chi connectivity index (χ2v) is 2.86. The van der Waals surface area contributed by atoms with Crippen molar-refractivity contribution < 1.29 is 19.4 Å². The first kappa shape index (κ1) is 10.5. The molecule has 0 radical (unpaired) electrons. The molecule has 0 fully saturated rings. The number of aromatic hydroxyl groups is 1. The van der Waals surface area contributed by atoms with E-state index >= 15 is 0 Å². The average molecular weight is 199 g/mol. The summed E-state index contributed by atoms with van der Waals surface area (Å²) < 4.78 is 13.3. The van der Waals surface area contributed by atoms with Gasteiger partial charge in [-0.2, -0.15) is 0 Å². The maximum atomic E-state index is 13.3. The Morgan fingerprint density at radius 2 is 1.86 bits per heavy atom. The van der Waals surface area contributed by atoms with Gasteiger partial charge in [-0.1, -0.05) is 12.1 Å². The van der Waals surface area contributed by atoms with E-state index in [1.165, 1.54) is 24.3 Å². The van der Waals surface area contributed by atoms with E-state index in [2.05, 4.69) is 0 Å². The molecule has 0 amide bonds. The lowest BCUT2D eigenvalue weighted by Gasteiger charge is -2.12. The molecular weight excluding hydrogens is 189 g/mol. The Labute approximate surface area is 79.8 Å². The highest BCUT2D eigenvalue weighted by atomic mass is 19.1. The van der Waals surface area contributed by atoms with Crippen molar-refractivity contribution in [3.63, 3.8) is 0 Å². The van der Waals surface area contributed by atoms with E-state index in [4.69, 9.17) is 15.9 Å². The Kier molecular flexibility index (Phi) is 3.03. The van der Waals surface area contributed by atoms with Gasteiger partial charge in [0.15, 0.2) is 6.17 Å². The molecule has 4 nitrogen and oxygen atoms in total. The predicted molar refractivity (Wildman–Crippen MR) is 47.6 cm³/mol. The highest BCUT2D eigenvalue weighted by Gasteiger charge is 2.25. The van der Waals surface area contributed by atoms with Crippen LogP contribution in [0.4, 0.5) is 4.39 Å². The molecule has 0 aliphatic rings. The predicted octanol–water partition coefficient (Wildman–Crippen LogP) is 0.815. The second kappa shape index (κ2) is 4.06. The number of rotatable bonds is 3. The van der Waals surface area contributed by atoms with E-state index in [-0.39, 0.29) is 11.3 Å². The molecule has 0 aliphatic carbocycles. The number of carboxylic acid groups (broad SMARTS) is 1. The molecule has 14 heavy (non-hydrogen) atoms. The Balaban J connectivity index is 2.84. The summed E-state index contributed by atoms with van der Waals surface area (Å²) in [5.41, 5.74) is 5.23. The van der Waals surface area contributed by atoms with Crippen LogP contribution in [0.15, 0.2) is 24.3 Å². The van der Waals surface area contributed by atoms with Gasteiger partial charge in [-0.05, 0) is 17.7 Å². The molecular formula is C9H10FNO3. The van der Waals surface area contributed by atoms with Gasteiger partial charge in [-0.15, -0.1) is 0 Å². The zero-order valence-corrected chi connectivity index (χ0v) is 7.22. The summed E-state index contributed by atoms with van der Waals surface area (Å²) in [6, 6.07) is 3.55. The van der Waals surface area contributed by atoms with Crippen LogP contribution in [0, 0.1) is 0 Å². The van der Waals surface area contributed by atoms with Crippen molar-refractivity contribution in [2.45, 2.75) is 12.2 Å². The lowest BCUT2D eigenvalue weighted by Crippen LogP contribution is -2.34. The SMILES string of the molecule is NC(C(=O)O)C(F)c1ccc(O)cc1. The fourth-order valence-corrected chi connectivity index (χ4v) is 0.991. The van der Waals surface area contributed by atoms with Crippen molar-refractivity contribution in [2.75, 3.05) is 0 Å². The topological polar surface area (TPSA) is 83.6 Å². The smallest absolute Gasteiger partial charge is 0.323 e. The third-order valence-electron chi connectivity index (χ3n) is 1.81. The molecule has 5 heteroatoms. The van der Waals surface area contributed by atoms with Gasteiger partial charge in [-0.25, -0.2) is 4.39 Å². The molecule has 1 aromatic carbocycles. The number of alkyl halides is 1. The van der Waals surface area contributed by atoms with E-state index in [0.29, 0.717) is 0 Å². The minimum atomic E-state index is -1.77. The standard InChI is InChI=1S/C9H10FNO3/c10-7(8(11)9(13)14)5-1-3-6(12)4-2-5/h1-4,7-8,12H,11H2,(H,13,14). The molecule has 0 saturated heterocycles. The molecule has 0 bridgehead atoms. The zero-order valence-electron chi connectivity index (χ0n) is 7.22. The summed E-state index contributed by atoms with van der Waals surface area (Å²) in [7, 11) is 0. The number of nitrogens with two attached hydrogens (primary N) is 1. The molecule has 0 aromatic heterocycles. The first-order valence-electron chi connectivity index (χ1n) is 3.93. The van der Waals surface area contributed by atoms with Crippen LogP contribution in [0.1, 0.15) is 11.7 Å². The van der Waals surface area contributed by atoms with E-state index in [1.807, 2.05) is 0 Å². The number of hydrogen-bond acceptors (Lipinski definition) is 3. The summed E-state index contributed by atoms with van der Waals surface area (Å²) in [6.45, 7) is 0. The largest absolute Gasteiger partial charge is 0.508 e. The molecule has 2 atom stereocenters. The monoisotopic (exact) mass is 199 g/mol. The van der Waals surface area contributed by atoms with E-state index in [9.17, 15) is 9.18 Å². The maximum Gasteiger partial charge on any atom is 0.323 e. The summed E-state index contributed by atoms with van der Waals surface area (Å²) in [6.07, 6.45) is -1.77. The van der Waals surface area contributed by atoms with Gasteiger partial charge in [0.2, 0.25) is 0 Å². The minimum absolute atomic E-state index is 0.00940. The average Bonchev–Trinajstić information content (AvgIpc) is 2.16. The lowest BCUT2D eigenvalue weighted by atomic mass is 10.0. The normalized spacial score (nSPS) is 14.7. The number of carbonyl (C=O) groups is 1. The number of halogens is 1. The molecule has 0 aliphatic heterocycles. The zero-order chi connectivity index (χ0) is 10.7. The first-order valence-corrected chi connectivity index (χ1v) is 3.93. The van der Waals surface area contributed by atoms with Gasteiger partial charge in [0.25, 0.3) is 0 Å². The van der Waals surface area contributed by atoms with Crippen molar-refractivity contribution in [3.8, 4) is 5.75 Å². The quantitative estimate of drug-likeness (QED) is 0.672. The third-order valence-corrected chi connectivity index (χ3v) is 1.81. The Hall–Kier alpha value is -1.62. The van der Waals surface area contributed by atoms with Crippen molar-refractivity contribution in [3.05, 3.63) is 29.8 Å². The highest BCUT2D eigenvalue weighted by molar-refractivity contribution is 5.74. The molecule has 4 N–H and O–H groups in total. The number of phenols is 1. The highest BCUT2D eigenvalue weighted by Crippen LogP contribution is 2.22. The Bertz CT molecular complexity index is 325. The summed E-state index contributed by atoms with van der Waals surface area (Å²) in [5.74, 6) is -1.41. The summed E-state index contributed by atoms with van der Waals surface area (Å²) in [4.78, 5) is 10.4. The molecule has 1 aromatic rings. The van der Waals surface area contributed by atoms with Crippen LogP contribution in [0.3, 0.4) is 0 Å². The van der Waals surface area contributed by atoms with Crippen molar-refractivity contribution in [2.24, 2.45) is 5.73 Å². The van der Waals surface area contributed by atoms with Crippen molar-refractivity contribution in [1.29, 1.82) is 0 Å². The van der Waals surface area contributed by atoms with Gasteiger partial charge < -0.3 is 15.9 Å². The van der Waals surface area contributed by atoms with Gasteiger partial charge in [0.05, 0.1) is 0 Å². The van der Waals surface area contributed by atoms with Crippen LogP contribution in [-0.2, 0) is 4.79 Å². The number of phenolic OH excluding ortho intramolecular Hbond substituents is 1. The molecule has 2 unspecified atom stereocenters. The van der Waals surface area contributed by atoms with Crippen LogP contribution >= 0.6 is 0 Å². The van der Waals surface area contributed by atoms with Gasteiger partial charge in [0, 0.05) is 0 Å².